The minimum absolute atomic E-state index is 0.108. The Morgan fingerprint density at radius 3 is 2.70 bits per heavy atom. The van der Waals surface area contributed by atoms with E-state index in [1.54, 1.807) is 6.07 Å². The van der Waals surface area contributed by atoms with Crippen molar-refractivity contribution in [2.75, 3.05) is 0 Å². The second-order valence-corrected chi connectivity index (χ2v) is 4.21. The van der Waals surface area contributed by atoms with Crippen molar-refractivity contribution in [3.05, 3.63) is 64.0 Å². The van der Waals surface area contributed by atoms with Gasteiger partial charge in [0, 0.05) is 11.6 Å². The predicted octanol–water partition coefficient (Wildman–Crippen LogP) is 3.58. The molecule has 6 heteroatoms. The molecule has 0 fully saturated rings. The van der Waals surface area contributed by atoms with E-state index in [-0.39, 0.29) is 22.7 Å². The number of hydrogen-bond donors (Lipinski definition) is 1. The van der Waals surface area contributed by atoms with Crippen molar-refractivity contribution >= 4 is 5.69 Å². The summed E-state index contributed by atoms with van der Waals surface area (Å²) in [6, 6.07) is 9.36. The lowest BCUT2D eigenvalue weighted by Crippen LogP contribution is -1.97. The molecule has 0 aliphatic heterocycles. The molecule has 104 valence electrons. The quantitative estimate of drug-likeness (QED) is 0.684. The second kappa shape index (κ2) is 5.66. The van der Waals surface area contributed by atoms with Gasteiger partial charge in [0.2, 0.25) is 0 Å². The molecule has 5 nitrogen and oxygen atoms in total. The van der Waals surface area contributed by atoms with E-state index < -0.39 is 16.8 Å². The lowest BCUT2D eigenvalue weighted by Gasteiger charge is -2.13. The Kier molecular flexibility index (Phi) is 3.95. The van der Waals surface area contributed by atoms with Crippen molar-refractivity contribution in [1.29, 1.82) is 0 Å². The molecule has 2 aromatic rings. The van der Waals surface area contributed by atoms with Gasteiger partial charge in [0.1, 0.15) is 17.3 Å². The Bertz CT molecular complexity index is 643. The monoisotopic (exact) mass is 277 g/mol. The number of non-ortho nitro benzene ring substituents is 1. The highest BCUT2D eigenvalue weighted by Crippen LogP contribution is 2.31. The fraction of sp³-hybridized carbons (Fsp3) is 0.143. The highest BCUT2D eigenvalue weighted by Gasteiger charge is 2.13. The van der Waals surface area contributed by atoms with Crippen molar-refractivity contribution < 1.29 is 19.2 Å². The van der Waals surface area contributed by atoms with Crippen molar-refractivity contribution in [3.8, 4) is 11.5 Å². The summed E-state index contributed by atoms with van der Waals surface area (Å²) in [6.45, 7) is 1.48. The zero-order valence-corrected chi connectivity index (χ0v) is 10.6. The molecule has 0 bridgehead atoms. The van der Waals surface area contributed by atoms with Crippen LogP contribution in [0, 0.1) is 15.9 Å². The van der Waals surface area contributed by atoms with Gasteiger partial charge in [-0.3, -0.25) is 10.1 Å². The van der Waals surface area contributed by atoms with Gasteiger partial charge in [-0.05, 0) is 31.2 Å². The third-order valence-corrected chi connectivity index (χ3v) is 2.68. The first-order valence-corrected chi connectivity index (χ1v) is 5.87. The summed E-state index contributed by atoms with van der Waals surface area (Å²) in [5.74, 6) is 0.00176. The fourth-order valence-electron chi connectivity index (χ4n) is 1.73. The van der Waals surface area contributed by atoms with E-state index in [2.05, 4.69) is 0 Å². The van der Waals surface area contributed by atoms with Gasteiger partial charge in [0.25, 0.3) is 5.69 Å². The first-order valence-electron chi connectivity index (χ1n) is 5.87. The molecule has 0 spiro atoms. The third-order valence-electron chi connectivity index (χ3n) is 2.68. The molecule has 0 aliphatic carbocycles. The maximum Gasteiger partial charge on any atom is 0.273 e. The number of nitro benzene ring substituents is 1. The summed E-state index contributed by atoms with van der Waals surface area (Å²) in [7, 11) is 0. The summed E-state index contributed by atoms with van der Waals surface area (Å²) in [5.41, 5.74) is 0.166. The van der Waals surface area contributed by atoms with Crippen LogP contribution in [0.2, 0.25) is 0 Å². The molecule has 0 saturated carbocycles. The average Bonchev–Trinajstić information content (AvgIpc) is 2.41. The number of nitro groups is 1. The number of aliphatic hydroxyl groups excluding tert-OH is 1. The summed E-state index contributed by atoms with van der Waals surface area (Å²) in [6.07, 6.45) is -0.917. The van der Waals surface area contributed by atoms with Crippen molar-refractivity contribution in [2.24, 2.45) is 0 Å². The van der Waals surface area contributed by atoms with Gasteiger partial charge in [-0.25, -0.2) is 4.39 Å². The molecule has 0 heterocycles. The number of halogens is 1. The smallest absolute Gasteiger partial charge is 0.273 e. The van der Waals surface area contributed by atoms with E-state index in [0.29, 0.717) is 0 Å². The van der Waals surface area contributed by atoms with E-state index in [4.69, 9.17) is 4.74 Å². The molecule has 0 aromatic heterocycles. The zero-order valence-electron chi connectivity index (χ0n) is 10.6. The summed E-state index contributed by atoms with van der Waals surface area (Å²) < 4.78 is 18.6. The number of rotatable bonds is 4. The van der Waals surface area contributed by atoms with Crippen LogP contribution < -0.4 is 4.74 Å². The van der Waals surface area contributed by atoms with Crippen molar-refractivity contribution in [3.63, 3.8) is 0 Å². The normalized spacial score (nSPS) is 11.9. The largest absolute Gasteiger partial charge is 0.457 e. The summed E-state index contributed by atoms with van der Waals surface area (Å²) in [5, 5.41) is 20.3. The van der Waals surface area contributed by atoms with Gasteiger partial charge in [0.15, 0.2) is 0 Å². The SMILES string of the molecule is C[C@@H](O)c1cc(F)ccc1Oc1cccc([N+](=O)[O-])c1. The van der Waals surface area contributed by atoms with Crippen LogP contribution in [0.3, 0.4) is 0 Å². The molecule has 0 amide bonds. The molecular weight excluding hydrogens is 265 g/mol. The van der Waals surface area contributed by atoms with Crippen LogP contribution in [0.5, 0.6) is 11.5 Å². The highest BCUT2D eigenvalue weighted by atomic mass is 19.1. The van der Waals surface area contributed by atoms with Crippen LogP contribution in [0.25, 0.3) is 0 Å². The molecule has 1 atom stereocenters. The number of benzene rings is 2. The minimum Gasteiger partial charge on any atom is -0.457 e. The van der Waals surface area contributed by atoms with Crippen LogP contribution in [0.15, 0.2) is 42.5 Å². The molecule has 1 N–H and O–H groups in total. The standard InChI is InChI=1S/C14H12FNO4/c1-9(17)13-7-10(15)5-6-14(13)20-12-4-2-3-11(8-12)16(18)19/h2-9,17H,1H3/t9-/m1/s1. The summed E-state index contributed by atoms with van der Waals surface area (Å²) in [4.78, 5) is 10.2. The Hall–Kier alpha value is -2.47. The van der Waals surface area contributed by atoms with Crippen LogP contribution in [0.1, 0.15) is 18.6 Å². The molecule has 0 unspecified atom stereocenters. The van der Waals surface area contributed by atoms with Crippen molar-refractivity contribution in [2.45, 2.75) is 13.0 Å². The number of ether oxygens (including phenoxy) is 1. The maximum atomic E-state index is 13.2. The first-order chi connectivity index (χ1) is 9.47. The van der Waals surface area contributed by atoms with Crippen molar-refractivity contribution in [1.82, 2.24) is 0 Å². The second-order valence-electron chi connectivity index (χ2n) is 4.21. The van der Waals surface area contributed by atoms with Gasteiger partial charge < -0.3 is 9.84 Å². The van der Waals surface area contributed by atoms with E-state index in [0.717, 1.165) is 6.07 Å². The number of nitrogens with zero attached hydrogens (tertiary/aromatic N) is 1. The van der Waals surface area contributed by atoms with Gasteiger partial charge in [-0.15, -0.1) is 0 Å². The van der Waals surface area contributed by atoms with Gasteiger partial charge in [0.05, 0.1) is 17.1 Å². The Morgan fingerprint density at radius 1 is 1.30 bits per heavy atom. The van der Waals surface area contributed by atoms with E-state index in [9.17, 15) is 19.6 Å². The average molecular weight is 277 g/mol. The lowest BCUT2D eigenvalue weighted by atomic mass is 10.1. The van der Waals surface area contributed by atoms with Gasteiger partial charge in [-0.2, -0.15) is 0 Å². The Labute approximate surface area is 114 Å². The minimum atomic E-state index is -0.917. The van der Waals surface area contributed by atoms with E-state index >= 15 is 0 Å². The maximum absolute atomic E-state index is 13.2. The summed E-state index contributed by atoms with van der Waals surface area (Å²) >= 11 is 0. The molecule has 2 aromatic carbocycles. The molecule has 0 aliphatic rings. The topological polar surface area (TPSA) is 72.6 Å². The number of aliphatic hydroxyl groups is 1. The molecule has 0 saturated heterocycles. The Morgan fingerprint density at radius 2 is 2.05 bits per heavy atom. The predicted molar refractivity (Wildman–Crippen MR) is 70.2 cm³/mol. The highest BCUT2D eigenvalue weighted by molar-refractivity contribution is 5.43. The number of hydrogen-bond acceptors (Lipinski definition) is 4. The molecule has 0 radical (unpaired) electrons. The zero-order chi connectivity index (χ0) is 14.7. The molecule has 2 rings (SSSR count). The lowest BCUT2D eigenvalue weighted by molar-refractivity contribution is -0.384. The first kappa shape index (κ1) is 14.0. The van der Waals surface area contributed by atoms with Crippen LogP contribution >= 0.6 is 0 Å². The van der Waals surface area contributed by atoms with E-state index in [1.807, 2.05) is 0 Å². The van der Waals surface area contributed by atoms with Crippen LogP contribution in [-0.4, -0.2) is 10.0 Å². The third kappa shape index (κ3) is 3.10. The molecule has 20 heavy (non-hydrogen) atoms. The molecular formula is C14H12FNO4. The fourth-order valence-corrected chi connectivity index (χ4v) is 1.73. The van der Waals surface area contributed by atoms with Crippen LogP contribution in [0.4, 0.5) is 10.1 Å². The van der Waals surface area contributed by atoms with E-state index in [1.165, 1.54) is 37.3 Å². The van der Waals surface area contributed by atoms with Gasteiger partial charge in [-0.1, -0.05) is 6.07 Å². The van der Waals surface area contributed by atoms with Crippen LogP contribution in [-0.2, 0) is 0 Å². The Balaban J connectivity index is 2.35. The van der Waals surface area contributed by atoms with Gasteiger partial charge >= 0.3 is 0 Å².